The van der Waals surface area contributed by atoms with Crippen molar-refractivity contribution in [1.82, 2.24) is 24.7 Å². The number of nitrogens with zero attached hydrogens (tertiary/aromatic N) is 6. The van der Waals surface area contributed by atoms with Crippen LogP contribution in [0.15, 0.2) is 54.9 Å². The molecular weight excluding hydrogens is 326 g/mol. The van der Waals surface area contributed by atoms with Gasteiger partial charge in [-0.05, 0) is 37.3 Å². The van der Waals surface area contributed by atoms with Crippen LogP contribution in [0, 0.1) is 6.92 Å². The minimum Gasteiger partial charge on any atom is -0.324 e. The maximum absolute atomic E-state index is 4.55. The van der Waals surface area contributed by atoms with Crippen molar-refractivity contribution in [3.8, 4) is 0 Å². The largest absolute Gasteiger partial charge is 0.324 e. The number of aryl methyl sites for hydroxylation is 2. The highest BCUT2D eigenvalue weighted by Gasteiger charge is 2.12. The summed E-state index contributed by atoms with van der Waals surface area (Å²) < 4.78 is 1.89. The lowest BCUT2D eigenvalue weighted by atomic mass is 10.2. The van der Waals surface area contributed by atoms with Crippen LogP contribution < -0.4 is 10.2 Å². The number of fused-ring (bicyclic) bond motifs is 1. The van der Waals surface area contributed by atoms with E-state index in [9.17, 15) is 0 Å². The molecule has 7 nitrogen and oxygen atoms in total. The molecule has 0 bridgehead atoms. The van der Waals surface area contributed by atoms with Crippen molar-refractivity contribution in [3.63, 3.8) is 0 Å². The quantitative estimate of drug-likeness (QED) is 0.609. The Morgan fingerprint density at radius 3 is 2.65 bits per heavy atom. The van der Waals surface area contributed by atoms with Crippen molar-refractivity contribution < 1.29 is 0 Å². The summed E-state index contributed by atoms with van der Waals surface area (Å²) in [4.78, 5) is 14.9. The number of hydrogen-bond donors (Lipinski definition) is 1. The lowest BCUT2D eigenvalue weighted by Crippen LogP contribution is -2.14. The molecule has 130 valence electrons. The minimum atomic E-state index is 0.503. The van der Waals surface area contributed by atoms with Gasteiger partial charge in [0.1, 0.15) is 6.33 Å². The van der Waals surface area contributed by atoms with Crippen molar-refractivity contribution in [2.45, 2.75) is 6.92 Å². The monoisotopic (exact) mass is 345 g/mol. The summed E-state index contributed by atoms with van der Waals surface area (Å²) in [7, 11) is 3.88. The highest BCUT2D eigenvalue weighted by atomic mass is 15.3. The summed E-state index contributed by atoms with van der Waals surface area (Å²) in [5.41, 5.74) is 3.99. The second-order valence-electron chi connectivity index (χ2n) is 6.07. The first-order valence-electron chi connectivity index (χ1n) is 8.30. The lowest BCUT2D eigenvalue weighted by molar-refractivity contribution is 0.751. The zero-order valence-corrected chi connectivity index (χ0v) is 14.9. The van der Waals surface area contributed by atoms with Crippen LogP contribution in [0.1, 0.15) is 5.69 Å². The first-order chi connectivity index (χ1) is 12.6. The highest BCUT2D eigenvalue weighted by Crippen LogP contribution is 2.26. The van der Waals surface area contributed by atoms with E-state index >= 15 is 0 Å². The fourth-order valence-corrected chi connectivity index (χ4v) is 2.80. The molecule has 2 aromatic heterocycles. The SMILES string of the molecule is Cc1c2ccc(N(C)c3ncnc(Nc4ccccc4)n3)cc2nn1C. The van der Waals surface area contributed by atoms with Crippen LogP contribution in [0.5, 0.6) is 0 Å². The molecule has 4 rings (SSSR count). The third-order valence-electron chi connectivity index (χ3n) is 4.39. The number of anilines is 4. The molecule has 7 heteroatoms. The number of benzene rings is 2. The number of para-hydroxylation sites is 1. The van der Waals surface area contributed by atoms with Crippen molar-refractivity contribution in [3.05, 3.63) is 60.6 Å². The van der Waals surface area contributed by atoms with E-state index in [2.05, 4.69) is 38.4 Å². The van der Waals surface area contributed by atoms with Gasteiger partial charge in [0.05, 0.1) is 5.52 Å². The molecule has 0 fully saturated rings. The number of aromatic nitrogens is 5. The average molecular weight is 345 g/mol. The van der Waals surface area contributed by atoms with E-state index in [0.717, 1.165) is 28.0 Å². The molecule has 0 saturated heterocycles. The van der Waals surface area contributed by atoms with Gasteiger partial charge in [0.15, 0.2) is 0 Å². The van der Waals surface area contributed by atoms with Gasteiger partial charge in [-0.1, -0.05) is 18.2 Å². The van der Waals surface area contributed by atoms with Crippen molar-refractivity contribution in [2.24, 2.45) is 7.05 Å². The van der Waals surface area contributed by atoms with Gasteiger partial charge in [-0.15, -0.1) is 0 Å². The van der Waals surface area contributed by atoms with Crippen molar-refractivity contribution in [1.29, 1.82) is 0 Å². The maximum Gasteiger partial charge on any atom is 0.234 e. The molecular formula is C19H19N7. The second-order valence-corrected chi connectivity index (χ2v) is 6.07. The Bertz CT molecular complexity index is 1060. The van der Waals surface area contributed by atoms with E-state index in [1.54, 1.807) is 0 Å². The van der Waals surface area contributed by atoms with E-state index < -0.39 is 0 Å². The van der Waals surface area contributed by atoms with Crippen molar-refractivity contribution >= 4 is 34.2 Å². The van der Waals surface area contributed by atoms with E-state index in [1.165, 1.54) is 6.33 Å². The molecule has 4 aromatic rings. The van der Waals surface area contributed by atoms with E-state index in [1.807, 2.05) is 66.1 Å². The third kappa shape index (κ3) is 2.95. The molecule has 2 heterocycles. The Balaban J connectivity index is 1.63. The summed E-state index contributed by atoms with van der Waals surface area (Å²) in [5.74, 6) is 1.06. The molecule has 26 heavy (non-hydrogen) atoms. The lowest BCUT2D eigenvalue weighted by Gasteiger charge is -2.17. The molecule has 0 amide bonds. The Morgan fingerprint density at radius 2 is 1.85 bits per heavy atom. The van der Waals surface area contributed by atoms with Crippen LogP contribution in [0.25, 0.3) is 10.9 Å². The number of hydrogen-bond acceptors (Lipinski definition) is 6. The normalized spacial score (nSPS) is 10.9. The third-order valence-corrected chi connectivity index (χ3v) is 4.39. The molecule has 0 radical (unpaired) electrons. The smallest absolute Gasteiger partial charge is 0.234 e. The molecule has 0 unspecified atom stereocenters. The van der Waals surface area contributed by atoms with Gasteiger partial charge < -0.3 is 10.2 Å². The maximum atomic E-state index is 4.55. The molecule has 1 N–H and O–H groups in total. The summed E-state index contributed by atoms with van der Waals surface area (Å²) in [6.07, 6.45) is 1.51. The zero-order valence-electron chi connectivity index (χ0n) is 14.9. The van der Waals surface area contributed by atoms with Crippen LogP contribution >= 0.6 is 0 Å². The zero-order chi connectivity index (χ0) is 18.1. The number of rotatable bonds is 4. The summed E-state index contributed by atoms with van der Waals surface area (Å²) in [6, 6.07) is 16.0. The number of nitrogens with one attached hydrogen (secondary N) is 1. The summed E-state index contributed by atoms with van der Waals surface area (Å²) in [6.45, 7) is 2.06. The predicted octanol–water partition coefficient (Wildman–Crippen LogP) is 3.58. The molecule has 0 aliphatic rings. The standard InChI is InChI=1S/C19H19N7/c1-13-16-10-9-15(11-17(16)24-26(13)3)25(2)19-21-12-20-18(23-19)22-14-7-5-4-6-8-14/h4-12H,1-3H3,(H,20,21,22,23). The predicted molar refractivity (Wildman–Crippen MR) is 103 cm³/mol. The van der Waals surface area contributed by atoms with Gasteiger partial charge >= 0.3 is 0 Å². The molecule has 0 saturated carbocycles. The van der Waals surface area contributed by atoms with Crippen molar-refractivity contribution in [2.75, 3.05) is 17.3 Å². The summed E-state index contributed by atoms with van der Waals surface area (Å²) >= 11 is 0. The fourth-order valence-electron chi connectivity index (χ4n) is 2.80. The van der Waals surface area contributed by atoms with Gasteiger partial charge in [0.25, 0.3) is 0 Å². The molecule has 0 aliphatic heterocycles. The molecule has 2 aromatic carbocycles. The van der Waals surface area contributed by atoms with Gasteiger partial charge in [-0.2, -0.15) is 10.1 Å². The first kappa shape index (κ1) is 16.0. The van der Waals surface area contributed by atoms with Gasteiger partial charge in [-0.3, -0.25) is 4.68 Å². The van der Waals surface area contributed by atoms with E-state index in [-0.39, 0.29) is 0 Å². The Hall–Kier alpha value is -3.48. The molecule has 0 aliphatic carbocycles. The van der Waals surface area contributed by atoms with Crippen LogP contribution in [0.3, 0.4) is 0 Å². The summed E-state index contributed by atoms with van der Waals surface area (Å²) in [5, 5.41) is 8.88. The molecule has 0 atom stereocenters. The van der Waals surface area contributed by atoms with Crippen LogP contribution in [-0.2, 0) is 7.05 Å². The fraction of sp³-hybridized carbons (Fsp3) is 0.158. The van der Waals surface area contributed by atoms with E-state index in [4.69, 9.17) is 0 Å². The Morgan fingerprint density at radius 1 is 1.04 bits per heavy atom. The average Bonchev–Trinajstić information content (AvgIpc) is 2.95. The Labute approximate surface area is 151 Å². The second kappa shape index (κ2) is 6.44. The van der Waals surface area contributed by atoms with Gasteiger partial charge in [-0.25, -0.2) is 9.97 Å². The minimum absolute atomic E-state index is 0.503. The van der Waals surface area contributed by atoms with Crippen LogP contribution in [0.2, 0.25) is 0 Å². The van der Waals surface area contributed by atoms with Gasteiger partial charge in [0, 0.05) is 36.6 Å². The highest BCUT2D eigenvalue weighted by molar-refractivity contribution is 5.85. The topological polar surface area (TPSA) is 71.8 Å². The van der Waals surface area contributed by atoms with E-state index in [0.29, 0.717) is 11.9 Å². The Kier molecular flexibility index (Phi) is 3.96. The van der Waals surface area contributed by atoms with Crippen LogP contribution in [-0.4, -0.2) is 31.8 Å². The van der Waals surface area contributed by atoms with Crippen LogP contribution in [0.4, 0.5) is 23.3 Å². The molecule has 0 spiro atoms. The first-order valence-corrected chi connectivity index (χ1v) is 8.30. The van der Waals surface area contributed by atoms with Gasteiger partial charge in [0.2, 0.25) is 11.9 Å².